The van der Waals surface area contributed by atoms with Crippen LogP contribution in [0.3, 0.4) is 0 Å². The molecule has 1 aliphatic heterocycles. The molecule has 1 fully saturated rings. The number of H-pyrrole nitrogens is 1. The second kappa shape index (κ2) is 7.86. The summed E-state index contributed by atoms with van der Waals surface area (Å²) in [4.78, 5) is 14.2. The molecule has 7 heteroatoms. The minimum Gasteiger partial charge on any atom is -0.372 e. The van der Waals surface area contributed by atoms with Gasteiger partial charge < -0.3 is 15.0 Å². The number of aromatic amines is 1. The van der Waals surface area contributed by atoms with Gasteiger partial charge in [-0.15, -0.1) is 0 Å². The molecule has 0 unspecified atom stereocenters. The van der Waals surface area contributed by atoms with Crippen LogP contribution in [0.5, 0.6) is 0 Å². The topological polar surface area (TPSA) is 70.2 Å². The van der Waals surface area contributed by atoms with Crippen LogP contribution >= 0.6 is 0 Å². The van der Waals surface area contributed by atoms with Crippen molar-refractivity contribution in [1.29, 1.82) is 0 Å². The molecule has 2 N–H and O–H groups in total. The normalized spacial score (nSPS) is 20.2. The van der Waals surface area contributed by atoms with E-state index in [1.54, 1.807) is 18.2 Å². The molecular formula is C19H25FN4O2. The lowest BCUT2D eigenvalue weighted by Crippen LogP contribution is -2.45. The molecule has 2 atom stereocenters. The van der Waals surface area contributed by atoms with Crippen LogP contribution in [0.1, 0.15) is 43.4 Å². The van der Waals surface area contributed by atoms with Gasteiger partial charge in [-0.2, -0.15) is 5.10 Å². The highest BCUT2D eigenvalue weighted by atomic mass is 19.1. The van der Waals surface area contributed by atoms with Crippen LogP contribution < -0.4 is 10.2 Å². The number of aromatic nitrogens is 2. The first-order valence-corrected chi connectivity index (χ1v) is 9.02. The maximum Gasteiger partial charge on any atom is 0.276 e. The van der Waals surface area contributed by atoms with Crippen LogP contribution in [0, 0.1) is 5.82 Å². The number of morpholine rings is 1. The number of hydrogen-bond donors (Lipinski definition) is 2. The monoisotopic (exact) mass is 360 g/mol. The molecule has 1 saturated heterocycles. The Kier molecular flexibility index (Phi) is 5.56. The lowest BCUT2D eigenvalue weighted by Gasteiger charge is -2.37. The number of nitrogens with zero attached hydrogens (tertiary/aromatic N) is 2. The summed E-state index contributed by atoms with van der Waals surface area (Å²) in [6.07, 6.45) is 1.90. The Balaban J connectivity index is 1.69. The summed E-state index contributed by atoms with van der Waals surface area (Å²) in [5.74, 6) is -0.720. The van der Waals surface area contributed by atoms with Gasteiger partial charge in [0.1, 0.15) is 5.82 Å². The number of hydrogen-bond acceptors (Lipinski definition) is 4. The minimum absolute atomic E-state index is 0.0505. The zero-order valence-electron chi connectivity index (χ0n) is 15.4. The van der Waals surface area contributed by atoms with Gasteiger partial charge in [-0.1, -0.05) is 13.3 Å². The number of anilines is 2. The van der Waals surface area contributed by atoms with E-state index in [0.29, 0.717) is 30.2 Å². The molecule has 140 valence electrons. The van der Waals surface area contributed by atoms with Crippen molar-refractivity contribution in [3.05, 3.63) is 41.5 Å². The molecule has 2 heterocycles. The smallest absolute Gasteiger partial charge is 0.276 e. The molecule has 1 aromatic heterocycles. The molecule has 1 aliphatic rings. The molecule has 1 amide bonds. The van der Waals surface area contributed by atoms with Crippen molar-refractivity contribution in [2.45, 2.75) is 45.8 Å². The molecule has 0 saturated carbocycles. The van der Waals surface area contributed by atoms with Crippen molar-refractivity contribution < 1.29 is 13.9 Å². The quantitative estimate of drug-likeness (QED) is 0.858. The number of carbonyl (C=O) groups is 1. The molecular weight excluding hydrogens is 335 g/mol. The van der Waals surface area contributed by atoms with Gasteiger partial charge in [0.15, 0.2) is 5.69 Å². The van der Waals surface area contributed by atoms with E-state index < -0.39 is 0 Å². The molecule has 0 bridgehead atoms. The summed E-state index contributed by atoms with van der Waals surface area (Å²) in [7, 11) is 0. The van der Waals surface area contributed by atoms with Crippen molar-refractivity contribution in [1.82, 2.24) is 10.2 Å². The molecule has 0 spiro atoms. The molecule has 0 aliphatic carbocycles. The zero-order chi connectivity index (χ0) is 18.7. The summed E-state index contributed by atoms with van der Waals surface area (Å²) in [5.41, 5.74) is 2.14. The lowest BCUT2D eigenvalue weighted by atomic mass is 10.1. The van der Waals surface area contributed by atoms with Gasteiger partial charge in [0.25, 0.3) is 5.91 Å². The molecule has 0 radical (unpaired) electrons. The van der Waals surface area contributed by atoms with Gasteiger partial charge >= 0.3 is 0 Å². The molecule has 3 rings (SSSR count). The first kappa shape index (κ1) is 18.4. The second-order valence-corrected chi connectivity index (χ2v) is 6.81. The number of aryl methyl sites for hydroxylation is 1. The van der Waals surface area contributed by atoms with Crippen molar-refractivity contribution >= 4 is 17.3 Å². The number of amides is 1. The van der Waals surface area contributed by atoms with Gasteiger partial charge in [-0.05, 0) is 44.5 Å². The van der Waals surface area contributed by atoms with Crippen LogP contribution in [0.4, 0.5) is 15.8 Å². The molecule has 6 nitrogen and oxygen atoms in total. The van der Waals surface area contributed by atoms with E-state index in [2.05, 4.69) is 22.4 Å². The predicted octanol–water partition coefficient (Wildman–Crippen LogP) is 3.37. The number of benzene rings is 1. The summed E-state index contributed by atoms with van der Waals surface area (Å²) in [5, 5.41) is 9.55. The average molecular weight is 360 g/mol. The Morgan fingerprint density at radius 1 is 1.35 bits per heavy atom. The van der Waals surface area contributed by atoms with Crippen molar-refractivity contribution in [3.8, 4) is 0 Å². The van der Waals surface area contributed by atoms with Crippen molar-refractivity contribution in [2.75, 3.05) is 23.3 Å². The highest BCUT2D eigenvalue weighted by Crippen LogP contribution is 2.26. The number of carbonyl (C=O) groups excluding carboxylic acids is 1. The third-order valence-electron chi connectivity index (χ3n) is 4.35. The first-order valence-electron chi connectivity index (χ1n) is 9.02. The van der Waals surface area contributed by atoms with Crippen LogP contribution in [-0.2, 0) is 11.2 Å². The van der Waals surface area contributed by atoms with Crippen LogP contribution in [0.25, 0.3) is 0 Å². The maximum absolute atomic E-state index is 14.6. The Bertz CT molecular complexity index is 767. The molecule has 1 aromatic carbocycles. The van der Waals surface area contributed by atoms with E-state index in [-0.39, 0.29) is 23.9 Å². The maximum atomic E-state index is 14.6. The zero-order valence-corrected chi connectivity index (χ0v) is 15.4. The standard InChI is InChI=1S/C19H25FN4O2/c1-4-5-15-9-17(23-22-15)19(25)21-14-6-7-18(16(20)8-14)24-10-12(2)26-13(3)11-24/h6-9,12-13H,4-5,10-11H2,1-3H3,(H,21,25)(H,22,23)/t12-,13+. The van der Waals surface area contributed by atoms with Gasteiger partial charge in [0.05, 0.1) is 17.9 Å². The Morgan fingerprint density at radius 2 is 2.08 bits per heavy atom. The number of rotatable bonds is 5. The van der Waals surface area contributed by atoms with E-state index in [1.807, 2.05) is 18.7 Å². The van der Waals surface area contributed by atoms with E-state index >= 15 is 0 Å². The summed E-state index contributed by atoms with van der Waals surface area (Å²) >= 11 is 0. The van der Waals surface area contributed by atoms with Crippen LogP contribution in [-0.4, -0.2) is 41.4 Å². The first-order chi connectivity index (χ1) is 12.5. The van der Waals surface area contributed by atoms with Crippen LogP contribution in [0.2, 0.25) is 0 Å². The van der Waals surface area contributed by atoms with E-state index in [9.17, 15) is 9.18 Å². The van der Waals surface area contributed by atoms with E-state index in [0.717, 1.165) is 18.5 Å². The van der Waals surface area contributed by atoms with Crippen molar-refractivity contribution in [2.24, 2.45) is 0 Å². The number of ether oxygens (including phenoxy) is 1. The Hall–Kier alpha value is -2.41. The lowest BCUT2D eigenvalue weighted by molar-refractivity contribution is -0.00539. The van der Waals surface area contributed by atoms with Gasteiger partial charge in [-0.25, -0.2) is 4.39 Å². The van der Waals surface area contributed by atoms with Crippen LogP contribution in [0.15, 0.2) is 24.3 Å². The van der Waals surface area contributed by atoms with Gasteiger partial charge in [-0.3, -0.25) is 9.89 Å². The highest BCUT2D eigenvalue weighted by Gasteiger charge is 2.24. The van der Waals surface area contributed by atoms with Crippen molar-refractivity contribution in [3.63, 3.8) is 0 Å². The average Bonchev–Trinajstić information content (AvgIpc) is 3.03. The second-order valence-electron chi connectivity index (χ2n) is 6.81. The number of nitrogens with one attached hydrogen (secondary N) is 2. The van der Waals surface area contributed by atoms with E-state index in [4.69, 9.17) is 4.74 Å². The van der Waals surface area contributed by atoms with E-state index in [1.165, 1.54) is 6.07 Å². The third kappa shape index (κ3) is 4.22. The third-order valence-corrected chi connectivity index (χ3v) is 4.35. The minimum atomic E-state index is -0.363. The molecule has 26 heavy (non-hydrogen) atoms. The Morgan fingerprint density at radius 3 is 2.73 bits per heavy atom. The fourth-order valence-corrected chi connectivity index (χ4v) is 3.29. The fraction of sp³-hybridized carbons (Fsp3) is 0.474. The fourth-order valence-electron chi connectivity index (χ4n) is 3.29. The highest BCUT2D eigenvalue weighted by molar-refractivity contribution is 6.03. The summed E-state index contributed by atoms with van der Waals surface area (Å²) in [6, 6.07) is 6.47. The predicted molar refractivity (Wildman–Crippen MR) is 99.2 cm³/mol. The largest absolute Gasteiger partial charge is 0.372 e. The molecule has 2 aromatic rings. The summed E-state index contributed by atoms with van der Waals surface area (Å²) in [6.45, 7) is 7.29. The summed E-state index contributed by atoms with van der Waals surface area (Å²) < 4.78 is 20.3. The Labute approximate surface area is 152 Å². The SMILES string of the molecule is CCCc1cc(C(=O)Nc2ccc(N3C[C@@H](C)O[C@@H](C)C3)c(F)c2)n[nH]1. The van der Waals surface area contributed by atoms with Gasteiger partial charge in [0.2, 0.25) is 0 Å². The van der Waals surface area contributed by atoms with Gasteiger partial charge in [0, 0.05) is 24.5 Å². The number of halogens is 1.